The summed E-state index contributed by atoms with van der Waals surface area (Å²) in [5, 5.41) is 9.45. The Labute approximate surface area is 127 Å². The van der Waals surface area contributed by atoms with Crippen LogP contribution < -0.4 is 16.1 Å². The third kappa shape index (κ3) is 6.60. The minimum atomic E-state index is -0.261. The molecule has 0 radical (unpaired) electrons. The molecule has 0 aromatic carbocycles. The molecule has 21 heavy (non-hydrogen) atoms. The number of nitrogens with zero attached hydrogens (tertiary/aromatic N) is 1. The van der Waals surface area contributed by atoms with Gasteiger partial charge in [0.05, 0.1) is 0 Å². The summed E-state index contributed by atoms with van der Waals surface area (Å²) in [7, 11) is 1.68. The topological polar surface area (TPSA) is 82.6 Å². The van der Waals surface area contributed by atoms with Crippen molar-refractivity contribution in [3.05, 3.63) is 0 Å². The van der Waals surface area contributed by atoms with E-state index in [0.29, 0.717) is 18.4 Å². The van der Waals surface area contributed by atoms with E-state index in [0.717, 1.165) is 32.1 Å². The highest BCUT2D eigenvalue weighted by atomic mass is 16.2. The Kier molecular flexibility index (Phi) is 7.79. The molecule has 1 fully saturated rings. The van der Waals surface area contributed by atoms with Gasteiger partial charge < -0.3 is 10.6 Å². The molecule has 0 unspecified atom stereocenters. The van der Waals surface area contributed by atoms with Crippen molar-refractivity contribution in [2.24, 2.45) is 22.9 Å². The lowest BCUT2D eigenvalue weighted by molar-refractivity contribution is -0.125. The molecular formula is C15H28N4O2. The predicted molar refractivity (Wildman–Crippen MR) is 84.0 cm³/mol. The van der Waals surface area contributed by atoms with Gasteiger partial charge in [-0.2, -0.15) is 5.10 Å². The number of rotatable bonds is 6. The number of hydrogen-bond donors (Lipinski definition) is 3. The van der Waals surface area contributed by atoms with Crippen LogP contribution in [0.3, 0.4) is 0 Å². The van der Waals surface area contributed by atoms with E-state index in [1.165, 1.54) is 0 Å². The van der Waals surface area contributed by atoms with E-state index >= 15 is 0 Å². The summed E-state index contributed by atoms with van der Waals surface area (Å²) in [6.45, 7) is 4.77. The van der Waals surface area contributed by atoms with Gasteiger partial charge in [-0.05, 0) is 43.9 Å². The van der Waals surface area contributed by atoms with E-state index in [4.69, 9.17) is 0 Å². The minimum absolute atomic E-state index is 0.138. The highest BCUT2D eigenvalue weighted by Crippen LogP contribution is 2.28. The maximum atomic E-state index is 11.6. The normalized spacial score (nSPS) is 23.6. The number of carbonyl (C=O) groups is 2. The van der Waals surface area contributed by atoms with Gasteiger partial charge in [-0.25, -0.2) is 10.2 Å². The largest absolute Gasteiger partial charge is 0.359 e. The first-order valence-corrected chi connectivity index (χ1v) is 7.85. The molecule has 1 atom stereocenters. The van der Waals surface area contributed by atoms with Crippen LogP contribution in [0.4, 0.5) is 4.79 Å². The van der Waals surface area contributed by atoms with Crippen molar-refractivity contribution in [3.8, 4) is 0 Å². The van der Waals surface area contributed by atoms with Crippen molar-refractivity contribution in [1.29, 1.82) is 0 Å². The Hall–Kier alpha value is -1.59. The molecule has 0 heterocycles. The number of amides is 3. The molecule has 1 saturated carbocycles. The Bertz CT molecular complexity index is 363. The lowest BCUT2D eigenvalue weighted by atomic mass is 9.81. The zero-order valence-electron chi connectivity index (χ0n) is 13.3. The molecule has 1 rings (SSSR count). The highest BCUT2D eigenvalue weighted by Gasteiger charge is 2.25. The predicted octanol–water partition coefficient (Wildman–Crippen LogP) is 1.87. The van der Waals surface area contributed by atoms with Crippen LogP contribution in [0.1, 0.15) is 46.0 Å². The van der Waals surface area contributed by atoms with Gasteiger partial charge in [-0.15, -0.1) is 0 Å². The molecule has 0 spiro atoms. The van der Waals surface area contributed by atoms with Crippen LogP contribution in [0.2, 0.25) is 0 Å². The average Bonchev–Trinajstić information content (AvgIpc) is 2.52. The monoisotopic (exact) mass is 296 g/mol. The van der Waals surface area contributed by atoms with Gasteiger partial charge in [0.1, 0.15) is 0 Å². The summed E-state index contributed by atoms with van der Waals surface area (Å²) < 4.78 is 0. The molecule has 6 heteroatoms. The molecule has 0 saturated heterocycles. The Morgan fingerprint density at radius 1 is 1.29 bits per heavy atom. The van der Waals surface area contributed by atoms with Gasteiger partial charge in [0.25, 0.3) is 0 Å². The van der Waals surface area contributed by atoms with E-state index in [2.05, 4.69) is 28.1 Å². The minimum Gasteiger partial charge on any atom is -0.359 e. The Balaban J connectivity index is 2.17. The zero-order chi connectivity index (χ0) is 15.7. The van der Waals surface area contributed by atoms with Crippen molar-refractivity contribution >= 4 is 18.2 Å². The number of nitrogens with one attached hydrogen (secondary N) is 3. The van der Waals surface area contributed by atoms with Gasteiger partial charge in [-0.3, -0.25) is 4.79 Å². The van der Waals surface area contributed by atoms with Crippen LogP contribution in [0.25, 0.3) is 0 Å². The van der Waals surface area contributed by atoms with Crippen LogP contribution >= 0.6 is 0 Å². The number of hydrogen-bond acceptors (Lipinski definition) is 3. The fourth-order valence-corrected chi connectivity index (χ4v) is 2.44. The second-order valence-electron chi connectivity index (χ2n) is 5.82. The molecule has 0 aliphatic heterocycles. The first-order valence-electron chi connectivity index (χ1n) is 7.85. The van der Waals surface area contributed by atoms with Crippen LogP contribution in [0.5, 0.6) is 0 Å². The molecule has 3 amide bonds. The molecule has 0 aromatic heterocycles. The molecule has 120 valence electrons. The highest BCUT2D eigenvalue weighted by molar-refractivity contribution is 5.78. The fraction of sp³-hybridized carbons (Fsp3) is 0.800. The number of carbonyl (C=O) groups excluding carboxylic acids is 2. The van der Waals surface area contributed by atoms with Crippen molar-refractivity contribution in [2.45, 2.75) is 46.0 Å². The number of urea groups is 1. The molecule has 3 N–H and O–H groups in total. The van der Waals surface area contributed by atoms with Crippen molar-refractivity contribution in [3.63, 3.8) is 0 Å². The van der Waals surface area contributed by atoms with Crippen molar-refractivity contribution in [2.75, 3.05) is 13.6 Å². The van der Waals surface area contributed by atoms with E-state index in [9.17, 15) is 9.59 Å². The summed E-state index contributed by atoms with van der Waals surface area (Å²) in [5.74, 6) is 1.10. The molecule has 0 aromatic rings. The quantitative estimate of drug-likeness (QED) is 0.516. The molecular weight excluding hydrogens is 268 g/mol. The van der Waals surface area contributed by atoms with Crippen LogP contribution in [-0.4, -0.2) is 31.7 Å². The summed E-state index contributed by atoms with van der Waals surface area (Å²) in [5.41, 5.74) is 2.48. The molecule has 1 aliphatic carbocycles. The maximum Gasteiger partial charge on any atom is 0.335 e. The van der Waals surface area contributed by atoms with Crippen LogP contribution in [0.15, 0.2) is 5.10 Å². The zero-order valence-corrected chi connectivity index (χ0v) is 13.3. The third-order valence-corrected chi connectivity index (χ3v) is 4.15. The molecule has 1 aliphatic rings. The molecule has 6 nitrogen and oxygen atoms in total. The van der Waals surface area contributed by atoms with Crippen LogP contribution in [0, 0.1) is 17.8 Å². The van der Waals surface area contributed by atoms with E-state index in [1.807, 2.05) is 6.92 Å². The summed E-state index contributed by atoms with van der Waals surface area (Å²) in [4.78, 5) is 23.1. The van der Waals surface area contributed by atoms with E-state index < -0.39 is 0 Å². The first-order chi connectivity index (χ1) is 10.1. The fourth-order valence-electron chi connectivity index (χ4n) is 2.44. The maximum absolute atomic E-state index is 11.6. The lowest BCUT2D eigenvalue weighted by Crippen LogP contribution is -2.38. The van der Waals surface area contributed by atoms with Gasteiger partial charge in [-0.1, -0.05) is 13.8 Å². The van der Waals surface area contributed by atoms with Gasteiger partial charge in [0, 0.05) is 25.7 Å². The van der Waals surface area contributed by atoms with Crippen molar-refractivity contribution in [1.82, 2.24) is 16.1 Å². The van der Waals surface area contributed by atoms with Gasteiger partial charge >= 0.3 is 6.03 Å². The van der Waals surface area contributed by atoms with Crippen molar-refractivity contribution < 1.29 is 9.59 Å². The van der Waals surface area contributed by atoms with Gasteiger partial charge in [0.2, 0.25) is 5.91 Å². The van der Waals surface area contributed by atoms with Crippen LogP contribution in [-0.2, 0) is 4.79 Å². The summed E-state index contributed by atoms with van der Waals surface area (Å²) in [6, 6.07) is -0.261. The SMILES string of the molecule is CC[C@H](C)/C=N/NC(=O)NCC1CCC(C(=O)NC)CC1. The third-order valence-electron chi connectivity index (χ3n) is 4.15. The summed E-state index contributed by atoms with van der Waals surface area (Å²) in [6.07, 6.45) is 6.51. The standard InChI is InChI=1S/C15H28N4O2/c1-4-11(2)9-18-19-15(21)17-10-12-5-7-13(8-6-12)14(20)16-3/h9,11-13H,4-8,10H2,1-3H3,(H,16,20)(H2,17,19,21)/b18-9+/t11-,12?,13?/m0/s1. The van der Waals surface area contributed by atoms with E-state index in [-0.39, 0.29) is 17.9 Å². The lowest BCUT2D eigenvalue weighted by Gasteiger charge is -2.27. The Morgan fingerprint density at radius 3 is 2.52 bits per heavy atom. The second kappa shape index (κ2) is 9.37. The number of hydrazone groups is 1. The second-order valence-corrected chi connectivity index (χ2v) is 5.82. The summed E-state index contributed by atoms with van der Waals surface area (Å²) >= 11 is 0. The van der Waals surface area contributed by atoms with Gasteiger partial charge in [0.15, 0.2) is 0 Å². The smallest absolute Gasteiger partial charge is 0.335 e. The Morgan fingerprint density at radius 2 is 1.95 bits per heavy atom. The van der Waals surface area contributed by atoms with E-state index in [1.54, 1.807) is 13.3 Å². The molecule has 0 bridgehead atoms. The first kappa shape index (κ1) is 17.5. The average molecular weight is 296 g/mol.